The number of carbonyl (C=O) groups is 1. The van der Waals surface area contributed by atoms with Gasteiger partial charge in [-0.25, -0.2) is 13.4 Å². The van der Waals surface area contributed by atoms with E-state index in [-0.39, 0.29) is 18.5 Å². The molecule has 2 rings (SSSR count). The minimum Gasteiger partial charge on any atom is -0.353 e. The predicted octanol–water partition coefficient (Wildman–Crippen LogP) is 0.790. The number of aromatic nitrogens is 1. The van der Waals surface area contributed by atoms with Crippen molar-refractivity contribution in [2.24, 2.45) is 0 Å². The summed E-state index contributed by atoms with van der Waals surface area (Å²) < 4.78 is 25.1. The van der Waals surface area contributed by atoms with Crippen LogP contribution in [0.1, 0.15) is 20.3 Å². The van der Waals surface area contributed by atoms with Crippen LogP contribution in [0.25, 0.3) is 0 Å². The van der Waals surface area contributed by atoms with E-state index in [1.165, 1.54) is 4.31 Å². The molecule has 2 heterocycles. The maximum atomic E-state index is 12.5. The van der Waals surface area contributed by atoms with Crippen molar-refractivity contribution in [1.29, 1.82) is 0 Å². The molecule has 1 aliphatic rings. The molecule has 0 radical (unpaired) electrons. The van der Waals surface area contributed by atoms with Crippen LogP contribution >= 0.6 is 0 Å². The highest BCUT2D eigenvalue weighted by Crippen LogP contribution is 2.14. The van der Waals surface area contributed by atoms with E-state index in [0.717, 1.165) is 12.1 Å². The standard InChI is InChI=1S/C16H26N4O3S/c1-4-14(2)20(24(3,22)23)13-16(21)19-11-9-18(10-12-19)15-7-5-6-8-17-15/h5-8,14H,4,9-13H2,1-3H3. The van der Waals surface area contributed by atoms with Crippen molar-refractivity contribution in [1.82, 2.24) is 14.2 Å². The number of anilines is 1. The Bertz CT molecular complexity index is 643. The molecule has 7 nitrogen and oxygen atoms in total. The number of hydrogen-bond acceptors (Lipinski definition) is 5. The highest BCUT2D eigenvalue weighted by molar-refractivity contribution is 7.88. The number of sulfonamides is 1. The molecule has 0 aliphatic carbocycles. The number of rotatable bonds is 6. The summed E-state index contributed by atoms with van der Waals surface area (Å²) in [7, 11) is -3.40. The summed E-state index contributed by atoms with van der Waals surface area (Å²) in [5.74, 6) is 0.767. The molecule has 1 amide bonds. The average Bonchev–Trinajstić information content (AvgIpc) is 2.58. The SMILES string of the molecule is CCC(C)N(CC(=O)N1CCN(c2ccccn2)CC1)S(C)(=O)=O. The number of carbonyl (C=O) groups excluding carboxylic acids is 1. The van der Waals surface area contributed by atoms with Crippen LogP contribution in [0.3, 0.4) is 0 Å². The fourth-order valence-corrected chi connectivity index (χ4v) is 3.91. The maximum absolute atomic E-state index is 12.5. The van der Waals surface area contributed by atoms with Gasteiger partial charge in [-0.1, -0.05) is 13.0 Å². The third-order valence-corrected chi connectivity index (χ3v) is 5.75. The van der Waals surface area contributed by atoms with E-state index in [4.69, 9.17) is 0 Å². The maximum Gasteiger partial charge on any atom is 0.238 e. The zero-order chi connectivity index (χ0) is 17.7. The van der Waals surface area contributed by atoms with Gasteiger partial charge in [-0.3, -0.25) is 4.79 Å². The molecule has 1 aliphatic heterocycles. The van der Waals surface area contributed by atoms with Gasteiger partial charge in [-0.2, -0.15) is 4.31 Å². The van der Waals surface area contributed by atoms with Gasteiger partial charge in [0.2, 0.25) is 15.9 Å². The third-order valence-electron chi connectivity index (χ3n) is 4.41. The second-order valence-electron chi connectivity index (χ2n) is 6.12. The smallest absolute Gasteiger partial charge is 0.238 e. The Morgan fingerprint density at radius 3 is 2.46 bits per heavy atom. The van der Waals surface area contributed by atoms with Gasteiger partial charge in [0.25, 0.3) is 0 Å². The van der Waals surface area contributed by atoms with Crippen LogP contribution < -0.4 is 4.90 Å². The van der Waals surface area contributed by atoms with E-state index in [9.17, 15) is 13.2 Å². The Hall–Kier alpha value is -1.67. The fourth-order valence-electron chi connectivity index (χ4n) is 2.76. The number of hydrogen-bond donors (Lipinski definition) is 0. The Labute approximate surface area is 144 Å². The molecule has 134 valence electrons. The highest BCUT2D eigenvalue weighted by atomic mass is 32.2. The molecule has 0 spiro atoms. The Morgan fingerprint density at radius 2 is 1.96 bits per heavy atom. The van der Waals surface area contributed by atoms with Crippen molar-refractivity contribution in [3.63, 3.8) is 0 Å². The Balaban J connectivity index is 1.95. The fraction of sp³-hybridized carbons (Fsp3) is 0.625. The molecule has 1 fully saturated rings. The molecule has 1 saturated heterocycles. The van der Waals surface area contributed by atoms with Crippen LogP contribution in [0.15, 0.2) is 24.4 Å². The quantitative estimate of drug-likeness (QED) is 0.755. The zero-order valence-electron chi connectivity index (χ0n) is 14.6. The van der Waals surface area contributed by atoms with E-state index in [2.05, 4.69) is 9.88 Å². The van der Waals surface area contributed by atoms with Crippen molar-refractivity contribution < 1.29 is 13.2 Å². The first-order valence-electron chi connectivity index (χ1n) is 8.23. The monoisotopic (exact) mass is 354 g/mol. The summed E-state index contributed by atoms with van der Waals surface area (Å²) in [6, 6.07) is 5.58. The van der Waals surface area contributed by atoms with E-state index < -0.39 is 10.0 Å². The van der Waals surface area contributed by atoms with E-state index in [0.29, 0.717) is 32.6 Å². The van der Waals surface area contributed by atoms with E-state index in [1.54, 1.807) is 11.1 Å². The third kappa shape index (κ3) is 4.67. The summed E-state index contributed by atoms with van der Waals surface area (Å²) in [5, 5.41) is 0. The lowest BCUT2D eigenvalue weighted by atomic mass is 10.2. The van der Waals surface area contributed by atoms with Gasteiger partial charge in [-0.05, 0) is 25.5 Å². The van der Waals surface area contributed by atoms with Crippen molar-refractivity contribution >= 4 is 21.7 Å². The minimum atomic E-state index is -3.40. The van der Waals surface area contributed by atoms with Crippen LogP contribution in [-0.2, 0) is 14.8 Å². The van der Waals surface area contributed by atoms with Crippen LogP contribution in [0.2, 0.25) is 0 Å². The molecular weight excluding hydrogens is 328 g/mol. The lowest BCUT2D eigenvalue weighted by Crippen LogP contribution is -2.53. The molecule has 1 unspecified atom stereocenters. The van der Waals surface area contributed by atoms with Crippen molar-refractivity contribution in [3.8, 4) is 0 Å². The summed E-state index contributed by atoms with van der Waals surface area (Å²) >= 11 is 0. The van der Waals surface area contributed by atoms with Crippen molar-refractivity contribution in [2.75, 3.05) is 43.9 Å². The molecule has 1 atom stereocenters. The van der Waals surface area contributed by atoms with Crippen LogP contribution in [-0.4, -0.2) is 73.5 Å². The van der Waals surface area contributed by atoms with Crippen LogP contribution in [0.4, 0.5) is 5.82 Å². The lowest BCUT2D eigenvalue weighted by Gasteiger charge is -2.36. The van der Waals surface area contributed by atoms with Gasteiger partial charge in [0.15, 0.2) is 0 Å². The second kappa shape index (κ2) is 7.94. The first-order chi connectivity index (χ1) is 11.3. The second-order valence-corrected chi connectivity index (χ2v) is 8.06. The van der Waals surface area contributed by atoms with Crippen LogP contribution in [0, 0.1) is 0 Å². The molecule has 0 bridgehead atoms. The molecular formula is C16H26N4O3S. The first kappa shape index (κ1) is 18.7. The molecule has 0 N–H and O–H groups in total. The van der Waals surface area contributed by atoms with Crippen molar-refractivity contribution in [2.45, 2.75) is 26.3 Å². The molecule has 8 heteroatoms. The number of amides is 1. The summed E-state index contributed by atoms with van der Waals surface area (Å²) in [5.41, 5.74) is 0. The zero-order valence-corrected chi connectivity index (χ0v) is 15.4. The molecule has 0 aromatic carbocycles. The van der Waals surface area contributed by atoms with E-state index >= 15 is 0 Å². The largest absolute Gasteiger partial charge is 0.353 e. The van der Waals surface area contributed by atoms with Gasteiger partial charge in [-0.15, -0.1) is 0 Å². The van der Waals surface area contributed by atoms with Gasteiger partial charge >= 0.3 is 0 Å². The summed E-state index contributed by atoms with van der Waals surface area (Å²) in [6.45, 7) is 6.21. The average molecular weight is 354 g/mol. The Kier molecular flexibility index (Phi) is 6.17. The van der Waals surface area contributed by atoms with Gasteiger partial charge in [0.1, 0.15) is 5.82 Å². The molecule has 24 heavy (non-hydrogen) atoms. The lowest BCUT2D eigenvalue weighted by molar-refractivity contribution is -0.132. The van der Waals surface area contributed by atoms with Gasteiger partial charge in [0, 0.05) is 38.4 Å². The van der Waals surface area contributed by atoms with Crippen molar-refractivity contribution in [3.05, 3.63) is 24.4 Å². The molecule has 1 aromatic heterocycles. The Morgan fingerprint density at radius 1 is 1.29 bits per heavy atom. The van der Waals surface area contributed by atoms with Gasteiger partial charge < -0.3 is 9.80 Å². The summed E-state index contributed by atoms with van der Waals surface area (Å²) in [4.78, 5) is 20.7. The molecule has 1 aromatic rings. The molecule has 0 saturated carbocycles. The number of piperazine rings is 1. The highest BCUT2D eigenvalue weighted by Gasteiger charge is 2.28. The number of pyridine rings is 1. The number of nitrogens with zero attached hydrogens (tertiary/aromatic N) is 4. The van der Waals surface area contributed by atoms with Crippen LogP contribution in [0.5, 0.6) is 0 Å². The normalized spacial score (nSPS) is 17.2. The van der Waals surface area contributed by atoms with E-state index in [1.807, 2.05) is 32.0 Å². The summed E-state index contributed by atoms with van der Waals surface area (Å²) in [6.07, 6.45) is 3.59. The minimum absolute atomic E-state index is 0.0859. The topological polar surface area (TPSA) is 73.8 Å². The predicted molar refractivity (Wildman–Crippen MR) is 94.3 cm³/mol. The van der Waals surface area contributed by atoms with Gasteiger partial charge in [0.05, 0.1) is 12.8 Å². The first-order valence-corrected chi connectivity index (χ1v) is 10.1.